The van der Waals surface area contributed by atoms with E-state index in [1.165, 1.54) is 6.26 Å². The van der Waals surface area contributed by atoms with Crippen molar-refractivity contribution in [3.05, 3.63) is 82.4 Å². The summed E-state index contributed by atoms with van der Waals surface area (Å²) < 4.78 is 29.9. The second-order valence-corrected chi connectivity index (χ2v) is 9.82. The van der Waals surface area contributed by atoms with Crippen molar-refractivity contribution in [2.45, 2.75) is 32.2 Å². The SMILES string of the molecule is COc1ccc(C)cc1NC(=O)c1ccc(CNc2ccc(C)c(C)c2S(C)(=O)=O)cc1. The lowest BCUT2D eigenvalue weighted by molar-refractivity contribution is 0.102. The van der Waals surface area contributed by atoms with Crippen molar-refractivity contribution in [1.29, 1.82) is 0 Å². The third kappa shape index (κ3) is 5.29. The molecule has 0 aliphatic carbocycles. The Hall–Kier alpha value is -3.32. The lowest BCUT2D eigenvalue weighted by Gasteiger charge is -2.15. The Morgan fingerprint density at radius 1 is 0.938 bits per heavy atom. The number of hydrogen-bond acceptors (Lipinski definition) is 5. The van der Waals surface area contributed by atoms with Gasteiger partial charge in [-0.3, -0.25) is 4.79 Å². The van der Waals surface area contributed by atoms with Crippen LogP contribution in [-0.4, -0.2) is 27.7 Å². The molecule has 168 valence electrons. The number of aryl methyl sites for hydroxylation is 2. The lowest BCUT2D eigenvalue weighted by Crippen LogP contribution is -2.13. The fraction of sp³-hybridized carbons (Fsp3) is 0.240. The third-order valence-corrected chi connectivity index (χ3v) is 6.62. The lowest BCUT2D eigenvalue weighted by atomic mass is 10.1. The molecule has 3 aromatic rings. The molecule has 7 heteroatoms. The number of sulfone groups is 1. The van der Waals surface area contributed by atoms with Gasteiger partial charge in [-0.15, -0.1) is 0 Å². The Labute approximate surface area is 189 Å². The maximum Gasteiger partial charge on any atom is 0.255 e. The minimum atomic E-state index is -3.37. The molecule has 3 aromatic carbocycles. The van der Waals surface area contributed by atoms with Gasteiger partial charge in [0.25, 0.3) is 5.91 Å². The van der Waals surface area contributed by atoms with Crippen LogP contribution in [0.2, 0.25) is 0 Å². The van der Waals surface area contributed by atoms with Crippen molar-refractivity contribution in [2.75, 3.05) is 24.0 Å². The highest BCUT2D eigenvalue weighted by molar-refractivity contribution is 7.91. The third-order valence-electron chi connectivity index (χ3n) is 5.35. The van der Waals surface area contributed by atoms with Gasteiger partial charge >= 0.3 is 0 Å². The Kier molecular flexibility index (Phi) is 6.89. The summed E-state index contributed by atoms with van der Waals surface area (Å²) in [5.74, 6) is 0.363. The molecule has 0 atom stereocenters. The first-order chi connectivity index (χ1) is 15.1. The summed E-state index contributed by atoms with van der Waals surface area (Å²) in [6.45, 7) is 6.08. The minimum Gasteiger partial charge on any atom is -0.495 e. The molecule has 0 fully saturated rings. The van der Waals surface area contributed by atoms with E-state index in [4.69, 9.17) is 4.74 Å². The first-order valence-corrected chi connectivity index (χ1v) is 12.1. The monoisotopic (exact) mass is 452 g/mol. The molecule has 2 N–H and O–H groups in total. The first-order valence-electron chi connectivity index (χ1n) is 10.2. The average Bonchev–Trinajstić information content (AvgIpc) is 2.74. The second kappa shape index (κ2) is 9.44. The van der Waals surface area contributed by atoms with Crippen LogP contribution in [0.25, 0.3) is 0 Å². The maximum atomic E-state index is 12.7. The molecule has 0 aromatic heterocycles. The average molecular weight is 453 g/mol. The van der Waals surface area contributed by atoms with Gasteiger partial charge in [-0.1, -0.05) is 24.3 Å². The largest absolute Gasteiger partial charge is 0.495 e. The molecule has 0 bridgehead atoms. The molecule has 32 heavy (non-hydrogen) atoms. The normalized spacial score (nSPS) is 11.2. The van der Waals surface area contributed by atoms with Gasteiger partial charge in [0.1, 0.15) is 5.75 Å². The van der Waals surface area contributed by atoms with Crippen molar-refractivity contribution in [1.82, 2.24) is 0 Å². The van der Waals surface area contributed by atoms with Gasteiger partial charge in [0, 0.05) is 18.4 Å². The van der Waals surface area contributed by atoms with Crippen LogP contribution in [0.5, 0.6) is 5.75 Å². The first kappa shape index (κ1) is 23.3. The van der Waals surface area contributed by atoms with Gasteiger partial charge in [0.05, 0.1) is 23.4 Å². The molecule has 0 saturated carbocycles. The van der Waals surface area contributed by atoms with Crippen LogP contribution in [0.4, 0.5) is 11.4 Å². The zero-order chi connectivity index (χ0) is 23.5. The quantitative estimate of drug-likeness (QED) is 0.533. The van der Waals surface area contributed by atoms with Gasteiger partial charge < -0.3 is 15.4 Å². The number of hydrogen-bond donors (Lipinski definition) is 2. The predicted molar refractivity (Wildman–Crippen MR) is 128 cm³/mol. The van der Waals surface area contributed by atoms with Gasteiger partial charge in [0.15, 0.2) is 9.84 Å². The predicted octanol–water partition coefficient (Wildman–Crippen LogP) is 4.89. The minimum absolute atomic E-state index is 0.234. The molecule has 0 saturated heterocycles. The summed E-state index contributed by atoms with van der Waals surface area (Å²) in [6.07, 6.45) is 1.22. The number of amides is 1. The fourth-order valence-electron chi connectivity index (χ4n) is 3.49. The van der Waals surface area contributed by atoms with E-state index in [1.807, 2.05) is 57.2 Å². The maximum absolute atomic E-state index is 12.7. The van der Waals surface area contributed by atoms with Gasteiger partial charge in [-0.2, -0.15) is 0 Å². The smallest absolute Gasteiger partial charge is 0.255 e. The summed E-state index contributed by atoms with van der Waals surface area (Å²) in [5, 5.41) is 6.10. The molecule has 0 aliphatic heterocycles. The van der Waals surface area contributed by atoms with E-state index in [2.05, 4.69) is 10.6 Å². The van der Waals surface area contributed by atoms with Crippen molar-refractivity contribution >= 4 is 27.1 Å². The second-order valence-electron chi connectivity index (χ2n) is 7.86. The molecule has 0 unspecified atom stereocenters. The van der Waals surface area contributed by atoms with E-state index < -0.39 is 9.84 Å². The topological polar surface area (TPSA) is 84.5 Å². The number of benzene rings is 3. The summed E-state index contributed by atoms with van der Waals surface area (Å²) in [7, 11) is -1.81. The van der Waals surface area contributed by atoms with Gasteiger partial charge in [-0.05, 0) is 73.4 Å². The number of methoxy groups -OCH3 is 1. The Morgan fingerprint density at radius 2 is 1.62 bits per heavy atom. The fourth-order valence-corrected chi connectivity index (χ4v) is 4.75. The molecule has 0 aliphatic rings. The van der Waals surface area contributed by atoms with Crippen LogP contribution in [-0.2, 0) is 16.4 Å². The number of rotatable bonds is 7. The van der Waals surface area contributed by atoms with E-state index in [-0.39, 0.29) is 5.91 Å². The van der Waals surface area contributed by atoms with Crippen LogP contribution >= 0.6 is 0 Å². The molecule has 1 amide bonds. The molecule has 6 nitrogen and oxygen atoms in total. The summed E-state index contributed by atoms with van der Waals surface area (Å²) >= 11 is 0. The van der Waals surface area contributed by atoms with Crippen LogP contribution in [0, 0.1) is 20.8 Å². The Balaban J connectivity index is 1.73. The summed E-state index contributed by atoms with van der Waals surface area (Å²) in [5.41, 5.74) is 5.32. The Bertz CT molecular complexity index is 1250. The van der Waals surface area contributed by atoms with Gasteiger partial charge in [0.2, 0.25) is 0 Å². The van der Waals surface area contributed by atoms with Crippen molar-refractivity contribution in [3.63, 3.8) is 0 Å². The van der Waals surface area contributed by atoms with Gasteiger partial charge in [-0.25, -0.2) is 8.42 Å². The highest BCUT2D eigenvalue weighted by Crippen LogP contribution is 2.28. The van der Waals surface area contributed by atoms with E-state index in [0.717, 1.165) is 22.3 Å². The van der Waals surface area contributed by atoms with Crippen LogP contribution in [0.1, 0.15) is 32.6 Å². The summed E-state index contributed by atoms with van der Waals surface area (Å²) in [4.78, 5) is 13.0. The number of carbonyl (C=O) groups excluding carboxylic acids is 1. The number of ether oxygens (including phenoxy) is 1. The van der Waals surface area contributed by atoms with Crippen LogP contribution in [0.3, 0.4) is 0 Å². The zero-order valence-corrected chi connectivity index (χ0v) is 19.8. The standard InChI is InChI=1S/C25H28N2O4S/c1-16-6-13-23(31-4)22(14-16)27-25(28)20-10-8-19(9-11-20)15-26-21-12-7-17(2)18(3)24(21)32(5,29)30/h6-14,26H,15H2,1-5H3,(H,27,28). The van der Waals surface area contributed by atoms with E-state index in [9.17, 15) is 13.2 Å². The molecule has 3 rings (SSSR count). The van der Waals surface area contributed by atoms with Crippen LogP contribution in [0.15, 0.2) is 59.5 Å². The molecular formula is C25H28N2O4S. The highest BCUT2D eigenvalue weighted by atomic mass is 32.2. The van der Waals surface area contributed by atoms with Crippen LogP contribution < -0.4 is 15.4 Å². The Morgan fingerprint density at radius 3 is 2.25 bits per heavy atom. The zero-order valence-electron chi connectivity index (χ0n) is 18.9. The van der Waals surface area contributed by atoms with E-state index in [1.54, 1.807) is 25.3 Å². The number of nitrogens with one attached hydrogen (secondary N) is 2. The van der Waals surface area contributed by atoms with Crippen molar-refractivity contribution < 1.29 is 17.9 Å². The van der Waals surface area contributed by atoms with Crippen molar-refractivity contribution in [2.24, 2.45) is 0 Å². The molecular weight excluding hydrogens is 424 g/mol. The molecule has 0 radical (unpaired) electrons. The highest BCUT2D eigenvalue weighted by Gasteiger charge is 2.18. The van der Waals surface area contributed by atoms with Crippen molar-refractivity contribution in [3.8, 4) is 5.75 Å². The van der Waals surface area contributed by atoms with E-state index >= 15 is 0 Å². The number of anilines is 2. The molecule has 0 heterocycles. The van der Waals surface area contributed by atoms with E-state index in [0.29, 0.717) is 34.1 Å². The summed E-state index contributed by atoms with van der Waals surface area (Å²) in [6, 6.07) is 16.5. The molecule has 0 spiro atoms. The number of carbonyl (C=O) groups is 1.